The number of phenols is 1. The number of nitrogens with one attached hydrogen (secondary N) is 1. The van der Waals surface area contributed by atoms with E-state index in [1.54, 1.807) is 29.4 Å². The number of nitrogens with zero attached hydrogens (tertiary/aromatic N) is 4. The third-order valence-electron chi connectivity index (χ3n) is 6.76. The van der Waals surface area contributed by atoms with Crippen LogP contribution in [-0.4, -0.2) is 64.2 Å². The predicted octanol–water partition coefficient (Wildman–Crippen LogP) is 4.93. The van der Waals surface area contributed by atoms with E-state index in [2.05, 4.69) is 10.3 Å². The highest BCUT2D eigenvalue weighted by atomic mass is 35.5. The quantitative estimate of drug-likeness (QED) is 0.265. The van der Waals surface area contributed by atoms with Gasteiger partial charge in [0.15, 0.2) is 0 Å². The van der Waals surface area contributed by atoms with E-state index in [1.165, 1.54) is 25.1 Å². The van der Waals surface area contributed by atoms with E-state index in [1.807, 2.05) is 11.0 Å². The molecule has 1 saturated carbocycles. The molecule has 2 aliphatic rings. The first-order valence-corrected chi connectivity index (χ1v) is 12.8. The van der Waals surface area contributed by atoms with Gasteiger partial charge in [0.2, 0.25) is 12.3 Å². The van der Waals surface area contributed by atoms with Gasteiger partial charge < -0.3 is 20.2 Å². The number of aromatic nitrogens is 1. The summed E-state index contributed by atoms with van der Waals surface area (Å²) in [6.45, 7) is 3.43. The van der Waals surface area contributed by atoms with Crippen molar-refractivity contribution >= 4 is 41.1 Å². The van der Waals surface area contributed by atoms with E-state index in [9.17, 15) is 19.1 Å². The molecule has 1 aromatic heterocycles. The lowest BCUT2D eigenvalue weighted by atomic mass is 9.99. The monoisotopic (exact) mass is 535 g/mol. The molecule has 0 atom stereocenters. The molecule has 1 aliphatic heterocycles. The number of halogens is 2. The summed E-state index contributed by atoms with van der Waals surface area (Å²) in [6.07, 6.45) is 6.48. The highest BCUT2D eigenvalue weighted by Crippen LogP contribution is 2.44. The van der Waals surface area contributed by atoms with Gasteiger partial charge in [-0.2, -0.15) is 0 Å². The van der Waals surface area contributed by atoms with Crippen LogP contribution in [0.1, 0.15) is 36.8 Å². The van der Waals surface area contributed by atoms with Gasteiger partial charge in [0.1, 0.15) is 17.4 Å². The number of rotatable bonds is 6. The van der Waals surface area contributed by atoms with Crippen molar-refractivity contribution in [2.75, 3.05) is 31.5 Å². The zero-order chi connectivity index (χ0) is 26.8. The highest BCUT2D eigenvalue weighted by molar-refractivity contribution is 6.34. The van der Waals surface area contributed by atoms with E-state index < -0.39 is 5.82 Å². The largest absolute Gasteiger partial charge is 0.507 e. The molecule has 0 spiro atoms. The van der Waals surface area contributed by atoms with Crippen molar-refractivity contribution in [1.29, 1.82) is 0 Å². The van der Waals surface area contributed by atoms with Crippen LogP contribution in [0.4, 0.5) is 15.8 Å². The molecule has 2 heterocycles. The maximum absolute atomic E-state index is 14.8. The number of piperazine rings is 1. The van der Waals surface area contributed by atoms with Crippen molar-refractivity contribution in [2.24, 2.45) is 4.99 Å². The van der Waals surface area contributed by atoms with E-state index >= 15 is 0 Å². The Bertz CT molecular complexity index is 1400. The van der Waals surface area contributed by atoms with E-state index in [0.717, 1.165) is 30.5 Å². The zero-order valence-electron chi connectivity index (χ0n) is 20.8. The Morgan fingerprint density at radius 2 is 1.97 bits per heavy atom. The molecule has 0 radical (unpaired) electrons. The smallest absolute Gasteiger partial charge is 0.221 e. The standard InChI is InChI=1S/C28H27ClFN5O3/c1-17(37)32-24-14-20(27-23(30)3-2-4-26(27)38)22(29)13-21(24)28(35-11-9-34(16-36)10-12-35)33-25-15-31-8-7-19(25)18-5-6-18/h2-4,7-8,13-16,18,38H,5-6,9-12H2,1H3,(H,32,37). The molecule has 2 fully saturated rings. The molecule has 0 bridgehead atoms. The van der Waals surface area contributed by atoms with Gasteiger partial charge in [0.25, 0.3) is 0 Å². The van der Waals surface area contributed by atoms with Gasteiger partial charge >= 0.3 is 0 Å². The number of hydrogen-bond donors (Lipinski definition) is 2. The van der Waals surface area contributed by atoms with E-state index in [-0.39, 0.29) is 27.8 Å². The van der Waals surface area contributed by atoms with Crippen molar-refractivity contribution in [1.82, 2.24) is 14.8 Å². The Labute approximate surface area is 224 Å². The molecule has 1 saturated heterocycles. The van der Waals surface area contributed by atoms with Crippen LogP contribution in [0.3, 0.4) is 0 Å². The third-order valence-corrected chi connectivity index (χ3v) is 7.07. The Hall–Kier alpha value is -3.98. The van der Waals surface area contributed by atoms with Crippen LogP contribution in [-0.2, 0) is 9.59 Å². The molecule has 38 heavy (non-hydrogen) atoms. The van der Waals surface area contributed by atoms with Crippen LogP contribution < -0.4 is 5.32 Å². The minimum Gasteiger partial charge on any atom is -0.507 e. The zero-order valence-corrected chi connectivity index (χ0v) is 21.6. The van der Waals surface area contributed by atoms with Crippen molar-refractivity contribution in [3.63, 3.8) is 0 Å². The molecule has 10 heteroatoms. The van der Waals surface area contributed by atoms with Gasteiger partial charge in [0.05, 0.1) is 23.1 Å². The summed E-state index contributed by atoms with van der Waals surface area (Å²) in [6, 6.07) is 9.18. The van der Waals surface area contributed by atoms with Gasteiger partial charge in [-0.05, 0) is 54.7 Å². The van der Waals surface area contributed by atoms with Crippen LogP contribution in [0.2, 0.25) is 5.02 Å². The van der Waals surface area contributed by atoms with Crippen molar-refractivity contribution < 1.29 is 19.1 Å². The average molecular weight is 536 g/mol. The second-order valence-electron chi connectivity index (χ2n) is 9.47. The van der Waals surface area contributed by atoms with Gasteiger partial charge in [-0.3, -0.25) is 14.6 Å². The summed E-state index contributed by atoms with van der Waals surface area (Å²) in [4.78, 5) is 36.6. The molecular formula is C28H27ClFN5O3. The number of phenolic OH excluding ortho intramolecular Hbond substituents is 1. The second kappa shape index (κ2) is 10.8. The van der Waals surface area contributed by atoms with Crippen LogP contribution in [0.5, 0.6) is 5.75 Å². The molecular weight excluding hydrogens is 509 g/mol. The number of amidine groups is 1. The summed E-state index contributed by atoms with van der Waals surface area (Å²) in [5.74, 6) is -0.258. The van der Waals surface area contributed by atoms with Gasteiger partial charge in [-0.15, -0.1) is 0 Å². The van der Waals surface area contributed by atoms with Crippen LogP contribution in [0.15, 0.2) is 53.8 Å². The molecule has 1 aliphatic carbocycles. The molecule has 2 N–H and O–H groups in total. The molecule has 2 aromatic carbocycles. The van der Waals surface area contributed by atoms with Crippen LogP contribution >= 0.6 is 11.6 Å². The number of aliphatic imine (C=N–C) groups is 1. The Morgan fingerprint density at radius 1 is 1.21 bits per heavy atom. The van der Waals surface area contributed by atoms with Gasteiger partial charge in [-0.1, -0.05) is 17.7 Å². The maximum atomic E-state index is 14.8. The number of amides is 2. The minimum absolute atomic E-state index is 0.0583. The van der Waals surface area contributed by atoms with Crippen molar-refractivity contribution in [2.45, 2.75) is 25.7 Å². The number of aromatic hydroxyl groups is 1. The summed E-state index contributed by atoms with van der Waals surface area (Å²) in [7, 11) is 0. The van der Waals surface area contributed by atoms with E-state index in [4.69, 9.17) is 16.6 Å². The summed E-state index contributed by atoms with van der Waals surface area (Å²) in [5, 5.41) is 13.4. The summed E-state index contributed by atoms with van der Waals surface area (Å²) < 4.78 is 14.8. The number of benzene rings is 2. The molecule has 196 valence electrons. The lowest BCUT2D eigenvalue weighted by molar-refractivity contribution is -0.119. The minimum atomic E-state index is -0.642. The molecule has 2 amide bonds. The molecule has 0 unspecified atom stereocenters. The number of pyridine rings is 1. The fourth-order valence-electron chi connectivity index (χ4n) is 4.71. The number of anilines is 1. The molecule has 5 rings (SSSR count). The summed E-state index contributed by atoms with van der Waals surface area (Å²) >= 11 is 6.71. The maximum Gasteiger partial charge on any atom is 0.221 e. The summed E-state index contributed by atoms with van der Waals surface area (Å²) in [5.41, 5.74) is 2.91. The number of hydrogen-bond acceptors (Lipinski definition) is 5. The van der Waals surface area contributed by atoms with E-state index in [0.29, 0.717) is 49.2 Å². The van der Waals surface area contributed by atoms with Gasteiger partial charge in [0, 0.05) is 55.4 Å². The average Bonchev–Trinajstić information content (AvgIpc) is 3.74. The third kappa shape index (κ3) is 5.33. The van der Waals surface area contributed by atoms with Crippen LogP contribution in [0.25, 0.3) is 11.1 Å². The molecule has 8 nitrogen and oxygen atoms in total. The van der Waals surface area contributed by atoms with Gasteiger partial charge in [-0.25, -0.2) is 9.38 Å². The molecule has 3 aromatic rings. The predicted molar refractivity (Wildman–Crippen MR) is 144 cm³/mol. The fraction of sp³-hybridized carbons (Fsp3) is 0.286. The first kappa shape index (κ1) is 25.7. The lowest BCUT2D eigenvalue weighted by Gasteiger charge is -2.35. The first-order valence-electron chi connectivity index (χ1n) is 12.4. The number of carbonyl (C=O) groups is 2. The normalized spacial score (nSPS) is 15.9. The highest BCUT2D eigenvalue weighted by Gasteiger charge is 2.28. The Balaban J connectivity index is 1.69. The van der Waals surface area contributed by atoms with Crippen molar-refractivity contribution in [3.05, 3.63) is 70.8 Å². The topological polar surface area (TPSA) is 98.1 Å². The lowest BCUT2D eigenvalue weighted by Crippen LogP contribution is -2.48. The fourth-order valence-corrected chi connectivity index (χ4v) is 4.96. The Kier molecular flexibility index (Phi) is 7.28. The van der Waals surface area contributed by atoms with Crippen LogP contribution in [0, 0.1) is 5.82 Å². The number of carbonyl (C=O) groups excluding carboxylic acids is 2. The first-order chi connectivity index (χ1) is 18.4. The SMILES string of the molecule is CC(=O)Nc1cc(-c2c(O)cccc2F)c(Cl)cc1C(=Nc1cnccc1C1CC1)N1CCN(C=O)CC1. The second-order valence-corrected chi connectivity index (χ2v) is 9.87. The Morgan fingerprint density at radius 3 is 2.63 bits per heavy atom. The van der Waals surface area contributed by atoms with Crippen molar-refractivity contribution in [3.8, 4) is 16.9 Å².